The van der Waals surface area contributed by atoms with Gasteiger partial charge in [-0.25, -0.2) is 0 Å². The number of rotatable bonds is 15. The predicted molar refractivity (Wildman–Crippen MR) is 119 cm³/mol. The maximum atomic E-state index is 12.2. The molecule has 0 aliphatic heterocycles. The molecule has 0 unspecified atom stereocenters. The second-order valence-electron chi connectivity index (χ2n) is 9.72. The predicted octanol–water partition coefficient (Wildman–Crippen LogP) is 6.70. The van der Waals surface area contributed by atoms with Gasteiger partial charge in [-0.15, -0.1) is 0 Å². The SMILES string of the molecule is CC(C)CCCCCCOC(=O)C1CCC(C(=O)OCCCCCC(C)C)CC1. The van der Waals surface area contributed by atoms with E-state index in [1.165, 1.54) is 32.1 Å². The van der Waals surface area contributed by atoms with Crippen molar-refractivity contribution in [3.8, 4) is 0 Å². The minimum Gasteiger partial charge on any atom is -0.465 e. The normalized spacial score (nSPS) is 19.5. The van der Waals surface area contributed by atoms with Crippen LogP contribution in [0.2, 0.25) is 0 Å². The average molecular weight is 411 g/mol. The Hall–Kier alpha value is -1.06. The lowest BCUT2D eigenvalue weighted by Gasteiger charge is -2.26. The second-order valence-corrected chi connectivity index (χ2v) is 9.72. The van der Waals surface area contributed by atoms with Crippen molar-refractivity contribution in [1.29, 1.82) is 0 Å². The smallest absolute Gasteiger partial charge is 0.308 e. The number of carbonyl (C=O) groups is 2. The minimum atomic E-state index is -0.0675. The lowest BCUT2D eigenvalue weighted by Crippen LogP contribution is -2.28. The first-order valence-corrected chi connectivity index (χ1v) is 12.2. The largest absolute Gasteiger partial charge is 0.465 e. The summed E-state index contributed by atoms with van der Waals surface area (Å²) in [6.45, 7) is 10.1. The zero-order valence-electron chi connectivity index (χ0n) is 19.5. The molecule has 4 heteroatoms. The Morgan fingerprint density at radius 3 is 1.34 bits per heavy atom. The van der Waals surface area contributed by atoms with E-state index < -0.39 is 0 Å². The molecule has 0 spiro atoms. The summed E-state index contributed by atoms with van der Waals surface area (Å²) in [7, 11) is 0. The first-order valence-electron chi connectivity index (χ1n) is 12.2. The van der Waals surface area contributed by atoms with E-state index in [0.29, 0.717) is 13.2 Å². The highest BCUT2D eigenvalue weighted by Crippen LogP contribution is 2.30. The Balaban J connectivity index is 2.05. The lowest BCUT2D eigenvalue weighted by molar-refractivity contribution is -0.155. The zero-order valence-corrected chi connectivity index (χ0v) is 19.5. The highest BCUT2D eigenvalue weighted by Gasteiger charge is 2.31. The van der Waals surface area contributed by atoms with Gasteiger partial charge in [0, 0.05) is 0 Å². The van der Waals surface area contributed by atoms with E-state index >= 15 is 0 Å². The van der Waals surface area contributed by atoms with Crippen LogP contribution in [0.25, 0.3) is 0 Å². The Morgan fingerprint density at radius 1 is 0.621 bits per heavy atom. The summed E-state index contributed by atoms with van der Waals surface area (Å²) in [4.78, 5) is 24.5. The van der Waals surface area contributed by atoms with Gasteiger partial charge in [0.2, 0.25) is 0 Å². The third-order valence-corrected chi connectivity index (χ3v) is 5.98. The Bertz CT molecular complexity index is 436. The van der Waals surface area contributed by atoms with Crippen molar-refractivity contribution >= 4 is 11.9 Å². The highest BCUT2D eigenvalue weighted by molar-refractivity contribution is 5.75. The molecule has 0 radical (unpaired) electrons. The van der Waals surface area contributed by atoms with Crippen molar-refractivity contribution in [2.45, 2.75) is 111 Å². The zero-order chi connectivity index (χ0) is 21.5. The third kappa shape index (κ3) is 13.0. The molecule has 0 bridgehead atoms. The second kappa shape index (κ2) is 15.7. The van der Waals surface area contributed by atoms with Gasteiger partial charge in [0.05, 0.1) is 25.0 Å². The van der Waals surface area contributed by atoms with Gasteiger partial charge >= 0.3 is 11.9 Å². The van der Waals surface area contributed by atoms with E-state index in [4.69, 9.17) is 9.47 Å². The van der Waals surface area contributed by atoms with Gasteiger partial charge in [-0.3, -0.25) is 9.59 Å². The third-order valence-electron chi connectivity index (χ3n) is 5.98. The summed E-state index contributed by atoms with van der Waals surface area (Å²) in [5, 5.41) is 0. The number of ether oxygens (including phenoxy) is 2. The number of unbranched alkanes of at least 4 members (excludes halogenated alkanes) is 5. The van der Waals surface area contributed by atoms with Gasteiger partial charge in [-0.1, -0.05) is 72.6 Å². The van der Waals surface area contributed by atoms with Crippen LogP contribution in [0.15, 0.2) is 0 Å². The maximum Gasteiger partial charge on any atom is 0.308 e. The molecule has 170 valence electrons. The molecule has 1 aliphatic carbocycles. The van der Waals surface area contributed by atoms with Crippen molar-refractivity contribution in [3.63, 3.8) is 0 Å². The van der Waals surface area contributed by atoms with Crippen molar-refractivity contribution in [2.75, 3.05) is 13.2 Å². The molecule has 1 aliphatic rings. The molecule has 0 aromatic rings. The first kappa shape index (κ1) is 26.0. The highest BCUT2D eigenvalue weighted by atomic mass is 16.5. The van der Waals surface area contributed by atoms with E-state index in [1.54, 1.807) is 0 Å². The van der Waals surface area contributed by atoms with Gasteiger partial charge in [-0.2, -0.15) is 0 Å². The average Bonchev–Trinajstić information content (AvgIpc) is 2.69. The van der Waals surface area contributed by atoms with Crippen molar-refractivity contribution in [2.24, 2.45) is 23.7 Å². The fourth-order valence-corrected chi connectivity index (χ4v) is 3.99. The number of esters is 2. The van der Waals surface area contributed by atoms with Crippen LogP contribution in [0.4, 0.5) is 0 Å². The van der Waals surface area contributed by atoms with Crippen LogP contribution in [-0.4, -0.2) is 25.2 Å². The van der Waals surface area contributed by atoms with Crippen LogP contribution < -0.4 is 0 Å². The summed E-state index contributed by atoms with van der Waals surface area (Å²) in [6.07, 6.45) is 13.4. The minimum absolute atomic E-state index is 0.0315. The molecule has 0 heterocycles. The van der Waals surface area contributed by atoms with Gasteiger partial charge in [0.15, 0.2) is 0 Å². The molecular weight excluding hydrogens is 364 g/mol. The van der Waals surface area contributed by atoms with Crippen LogP contribution in [0.3, 0.4) is 0 Å². The van der Waals surface area contributed by atoms with Gasteiger partial charge in [0.25, 0.3) is 0 Å². The van der Waals surface area contributed by atoms with Crippen molar-refractivity contribution in [1.82, 2.24) is 0 Å². The monoisotopic (exact) mass is 410 g/mol. The fraction of sp³-hybridized carbons (Fsp3) is 0.920. The van der Waals surface area contributed by atoms with Crippen molar-refractivity contribution < 1.29 is 19.1 Å². The molecule has 1 fully saturated rings. The molecule has 0 atom stereocenters. The molecule has 0 aromatic heterocycles. The summed E-state index contributed by atoms with van der Waals surface area (Å²) >= 11 is 0. The number of hydrogen-bond donors (Lipinski definition) is 0. The van der Waals surface area contributed by atoms with Crippen molar-refractivity contribution in [3.05, 3.63) is 0 Å². The lowest BCUT2D eigenvalue weighted by atomic mass is 9.82. The summed E-state index contributed by atoms with van der Waals surface area (Å²) in [6, 6.07) is 0. The summed E-state index contributed by atoms with van der Waals surface area (Å²) in [5.41, 5.74) is 0. The van der Waals surface area contributed by atoms with Gasteiger partial charge in [0.1, 0.15) is 0 Å². The van der Waals surface area contributed by atoms with Crippen LogP contribution in [0.5, 0.6) is 0 Å². The number of hydrogen-bond acceptors (Lipinski definition) is 4. The summed E-state index contributed by atoms with van der Waals surface area (Å²) in [5.74, 6) is 1.32. The van der Waals surface area contributed by atoms with E-state index in [0.717, 1.165) is 63.2 Å². The van der Waals surface area contributed by atoms with Crippen LogP contribution in [0.1, 0.15) is 111 Å². The quantitative estimate of drug-likeness (QED) is 0.222. The Kier molecular flexibility index (Phi) is 14.1. The number of carbonyl (C=O) groups excluding carboxylic acids is 2. The Labute approximate surface area is 179 Å². The molecule has 1 saturated carbocycles. The van der Waals surface area contributed by atoms with Crippen LogP contribution in [-0.2, 0) is 19.1 Å². The fourth-order valence-electron chi connectivity index (χ4n) is 3.99. The van der Waals surface area contributed by atoms with Crippen LogP contribution >= 0.6 is 0 Å². The molecule has 0 saturated heterocycles. The molecule has 0 N–H and O–H groups in total. The van der Waals surface area contributed by atoms with E-state index in [-0.39, 0.29) is 23.8 Å². The van der Waals surface area contributed by atoms with E-state index in [2.05, 4.69) is 27.7 Å². The molecule has 0 aromatic carbocycles. The first-order chi connectivity index (χ1) is 13.9. The van der Waals surface area contributed by atoms with Gasteiger partial charge < -0.3 is 9.47 Å². The Morgan fingerprint density at radius 2 is 0.966 bits per heavy atom. The van der Waals surface area contributed by atoms with E-state index in [9.17, 15) is 9.59 Å². The summed E-state index contributed by atoms with van der Waals surface area (Å²) < 4.78 is 10.9. The molecule has 4 nitrogen and oxygen atoms in total. The molecule has 0 amide bonds. The van der Waals surface area contributed by atoms with E-state index in [1.807, 2.05) is 0 Å². The van der Waals surface area contributed by atoms with Gasteiger partial charge in [-0.05, 0) is 50.4 Å². The maximum absolute atomic E-state index is 12.2. The van der Waals surface area contributed by atoms with Crippen LogP contribution in [0, 0.1) is 23.7 Å². The molecule has 29 heavy (non-hydrogen) atoms. The molecular formula is C25H46O4. The standard InChI is InChI=1S/C25H46O4/c1-20(2)12-8-5-6-10-18-28-24(26)22-14-16-23(17-15-22)25(27)29-19-11-7-9-13-21(3)4/h20-23H,5-19H2,1-4H3. The molecule has 1 rings (SSSR count). The topological polar surface area (TPSA) is 52.6 Å².